The molecule has 1 atom stereocenters. The van der Waals surface area contributed by atoms with Crippen molar-refractivity contribution in [3.05, 3.63) is 65.5 Å². The number of amides is 3. The van der Waals surface area contributed by atoms with E-state index in [4.69, 9.17) is 4.74 Å². The van der Waals surface area contributed by atoms with Gasteiger partial charge in [-0.25, -0.2) is 9.18 Å². The van der Waals surface area contributed by atoms with Crippen molar-refractivity contribution < 1.29 is 18.7 Å². The number of rotatable bonds is 4. The third-order valence-electron chi connectivity index (χ3n) is 5.30. The number of nitrogens with one attached hydrogen (secondary N) is 1. The zero-order valence-corrected chi connectivity index (χ0v) is 14.9. The average Bonchev–Trinajstić information content (AvgIpc) is 2.82. The van der Waals surface area contributed by atoms with E-state index in [-0.39, 0.29) is 30.9 Å². The summed E-state index contributed by atoms with van der Waals surface area (Å²) in [6.07, 6.45) is 3.38. The van der Waals surface area contributed by atoms with Crippen LogP contribution in [-0.2, 0) is 16.8 Å². The Morgan fingerprint density at radius 2 is 1.85 bits per heavy atom. The number of hydrogen-bond donors (Lipinski definition) is 1. The standard InChI is InChI=1S/C21H21FN2O3/c22-16-8-10-17(11-9-16)27-14-13-24-19(25)21(23-20(24)26)12-4-3-6-15-5-1-2-7-18(15)21/h1-2,5,7-11H,3-4,6,12-14H2,(H,23,26)/t21-/m1/s1. The molecule has 6 heteroatoms. The second kappa shape index (κ2) is 7.02. The van der Waals surface area contributed by atoms with Crippen molar-refractivity contribution in [3.8, 4) is 5.75 Å². The molecule has 0 bridgehead atoms. The fourth-order valence-corrected chi connectivity index (χ4v) is 3.96. The molecule has 4 rings (SSSR count). The monoisotopic (exact) mass is 368 g/mol. The summed E-state index contributed by atoms with van der Waals surface area (Å²) in [6.45, 7) is 0.300. The number of carbonyl (C=O) groups is 2. The Hall–Kier alpha value is -2.89. The Morgan fingerprint density at radius 1 is 1.07 bits per heavy atom. The molecule has 140 valence electrons. The van der Waals surface area contributed by atoms with Crippen molar-refractivity contribution in [2.24, 2.45) is 0 Å². The first-order valence-electron chi connectivity index (χ1n) is 9.21. The number of aryl methyl sites for hydroxylation is 1. The molecule has 27 heavy (non-hydrogen) atoms. The van der Waals surface area contributed by atoms with E-state index in [0.717, 1.165) is 30.4 Å². The maximum absolute atomic E-state index is 13.2. The second-order valence-electron chi connectivity index (χ2n) is 6.96. The molecule has 1 fully saturated rings. The molecule has 0 unspecified atom stereocenters. The van der Waals surface area contributed by atoms with Crippen LogP contribution in [0.3, 0.4) is 0 Å². The van der Waals surface area contributed by atoms with Gasteiger partial charge in [0.05, 0.1) is 6.54 Å². The topological polar surface area (TPSA) is 58.6 Å². The van der Waals surface area contributed by atoms with Crippen molar-refractivity contribution in [2.45, 2.75) is 31.2 Å². The third-order valence-corrected chi connectivity index (χ3v) is 5.30. The first-order chi connectivity index (χ1) is 13.1. The zero-order chi connectivity index (χ0) is 18.9. The van der Waals surface area contributed by atoms with Gasteiger partial charge in [-0.15, -0.1) is 0 Å². The number of imide groups is 1. The van der Waals surface area contributed by atoms with Crippen molar-refractivity contribution in [1.82, 2.24) is 10.2 Å². The van der Waals surface area contributed by atoms with Crippen LogP contribution in [0.2, 0.25) is 0 Å². The minimum Gasteiger partial charge on any atom is -0.492 e. The number of nitrogens with zero attached hydrogens (tertiary/aromatic N) is 1. The van der Waals surface area contributed by atoms with Gasteiger partial charge in [-0.05, 0) is 61.1 Å². The molecular weight excluding hydrogens is 347 g/mol. The van der Waals surface area contributed by atoms with E-state index in [1.807, 2.05) is 24.3 Å². The molecule has 0 aromatic heterocycles. The van der Waals surface area contributed by atoms with E-state index in [9.17, 15) is 14.0 Å². The van der Waals surface area contributed by atoms with E-state index in [0.29, 0.717) is 12.2 Å². The molecule has 1 spiro atoms. The third kappa shape index (κ3) is 3.16. The Bertz CT molecular complexity index is 868. The van der Waals surface area contributed by atoms with Crippen molar-refractivity contribution >= 4 is 11.9 Å². The van der Waals surface area contributed by atoms with Gasteiger partial charge in [0.15, 0.2) is 0 Å². The van der Waals surface area contributed by atoms with Crippen LogP contribution in [0, 0.1) is 5.82 Å². The molecule has 1 saturated heterocycles. The highest BCUT2D eigenvalue weighted by atomic mass is 19.1. The number of benzene rings is 2. The Labute approximate surface area is 157 Å². The van der Waals surface area contributed by atoms with Crippen LogP contribution < -0.4 is 10.1 Å². The molecule has 1 heterocycles. The van der Waals surface area contributed by atoms with Crippen molar-refractivity contribution in [2.75, 3.05) is 13.2 Å². The molecule has 3 amide bonds. The van der Waals surface area contributed by atoms with Crippen LogP contribution in [0.25, 0.3) is 0 Å². The van der Waals surface area contributed by atoms with Gasteiger partial charge in [0, 0.05) is 0 Å². The van der Waals surface area contributed by atoms with Crippen molar-refractivity contribution in [1.29, 1.82) is 0 Å². The van der Waals surface area contributed by atoms with E-state index < -0.39 is 5.54 Å². The van der Waals surface area contributed by atoms with Gasteiger partial charge in [0.2, 0.25) is 0 Å². The van der Waals surface area contributed by atoms with E-state index in [2.05, 4.69) is 5.32 Å². The van der Waals surface area contributed by atoms with Gasteiger partial charge in [0.1, 0.15) is 23.7 Å². The lowest BCUT2D eigenvalue weighted by molar-refractivity contribution is -0.132. The largest absolute Gasteiger partial charge is 0.492 e. The summed E-state index contributed by atoms with van der Waals surface area (Å²) >= 11 is 0. The highest BCUT2D eigenvalue weighted by Gasteiger charge is 2.53. The Morgan fingerprint density at radius 3 is 2.67 bits per heavy atom. The summed E-state index contributed by atoms with van der Waals surface area (Å²) in [6, 6.07) is 13.1. The summed E-state index contributed by atoms with van der Waals surface area (Å²) in [5.41, 5.74) is 1.05. The number of fused-ring (bicyclic) bond motifs is 2. The summed E-state index contributed by atoms with van der Waals surface area (Å²) in [5, 5.41) is 2.95. The number of carbonyl (C=O) groups excluding carboxylic acids is 2. The summed E-state index contributed by atoms with van der Waals surface area (Å²) in [7, 11) is 0. The van der Waals surface area contributed by atoms with Crippen LogP contribution in [0.15, 0.2) is 48.5 Å². The first kappa shape index (κ1) is 17.5. The van der Waals surface area contributed by atoms with Crippen LogP contribution in [-0.4, -0.2) is 30.0 Å². The van der Waals surface area contributed by atoms with Gasteiger partial charge < -0.3 is 10.1 Å². The maximum atomic E-state index is 13.2. The van der Waals surface area contributed by atoms with E-state index in [1.165, 1.54) is 29.2 Å². The normalized spacial score (nSPS) is 21.7. The molecule has 2 aromatic rings. The molecule has 0 saturated carbocycles. The van der Waals surface area contributed by atoms with Crippen LogP contribution in [0.4, 0.5) is 9.18 Å². The van der Waals surface area contributed by atoms with Crippen LogP contribution in [0.1, 0.15) is 30.4 Å². The average molecular weight is 368 g/mol. The molecule has 1 aliphatic heterocycles. The van der Waals surface area contributed by atoms with Crippen LogP contribution in [0.5, 0.6) is 5.75 Å². The molecule has 0 radical (unpaired) electrons. The Kier molecular flexibility index (Phi) is 4.56. The predicted octanol–water partition coefficient (Wildman–Crippen LogP) is 3.38. The van der Waals surface area contributed by atoms with Gasteiger partial charge in [-0.3, -0.25) is 9.69 Å². The fourth-order valence-electron chi connectivity index (χ4n) is 3.96. The lowest BCUT2D eigenvalue weighted by Gasteiger charge is -2.27. The number of urea groups is 1. The molecule has 1 N–H and O–H groups in total. The van der Waals surface area contributed by atoms with Gasteiger partial charge in [-0.2, -0.15) is 0 Å². The maximum Gasteiger partial charge on any atom is 0.325 e. The van der Waals surface area contributed by atoms with E-state index >= 15 is 0 Å². The quantitative estimate of drug-likeness (QED) is 0.842. The molecular formula is C21H21FN2O3. The number of halogens is 1. The molecule has 2 aromatic carbocycles. The summed E-state index contributed by atoms with van der Waals surface area (Å²) in [5.74, 6) is -0.0621. The molecule has 2 aliphatic rings. The zero-order valence-electron chi connectivity index (χ0n) is 14.9. The summed E-state index contributed by atoms with van der Waals surface area (Å²) < 4.78 is 18.5. The minimum atomic E-state index is -0.972. The number of ether oxygens (including phenoxy) is 1. The van der Waals surface area contributed by atoms with Gasteiger partial charge in [0.25, 0.3) is 5.91 Å². The minimum absolute atomic E-state index is 0.145. The highest BCUT2D eigenvalue weighted by Crippen LogP contribution is 2.38. The summed E-state index contributed by atoms with van der Waals surface area (Å²) in [4.78, 5) is 27.0. The SMILES string of the molecule is O=C1N[C@@]2(CCCCc3ccccc32)C(=O)N1CCOc1ccc(F)cc1. The number of hydrogen-bond acceptors (Lipinski definition) is 3. The first-order valence-corrected chi connectivity index (χ1v) is 9.21. The van der Waals surface area contributed by atoms with Crippen molar-refractivity contribution in [3.63, 3.8) is 0 Å². The Balaban J connectivity index is 1.51. The van der Waals surface area contributed by atoms with Gasteiger partial charge >= 0.3 is 6.03 Å². The molecule has 1 aliphatic carbocycles. The van der Waals surface area contributed by atoms with Gasteiger partial charge in [-0.1, -0.05) is 24.3 Å². The van der Waals surface area contributed by atoms with Crippen LogP contribution >= 0.6 is 0 Å². The lowest BCUT2D eigenvalue weighted by atomic mass is 9.84. The molecule has 5 nitrogen and oxygen atoms in total. The predicted molar refractivity (Wildman–Crippen MR) is 97.8 cm³/mol. The fraction of sp³-hybridized carbons (Fsp3) is 0.333. The lowest BCUT2D eigenvalue weighted by Crippen LogP contribution is -2.44. The second-order valence-corrected chi connectivity index (χ2v) is 6.96. The van der Waals surface area contributed by atoms with E-state index in [1.54, 1.807) is 0 Å². The smallest absolute Gasteiger partial charge is 0.325 e. The highest BCUT2D eigenvalue weighted by molar-refractivity contribution is 6.07.